The molecule has 0 saturated carbocycles. The summed E-state index contributed by atoms with van der Waals surface area (Å²) in [5.74, 6) is -0.0255. The Morgan fingerprint density at radius 1 is 1.03 bits per heavy atom. The van der Waals surface area contributed by atoms with Gasteiger partial charge in [-0.1, -0.05) is 60.7 Å². The Hall–Kier alpha value is -4.79. The van der Waals surface area contributed by atoms with E-state index < -0.39 is 16.3 Å². The van der Waals surface area contributed by atoms with Gasteiger partial charge in [0.25, 0.3) is 11.6 Å². The van der Waals surface area contributed by atoms with Crippen LogP contribution in [0.25, 0.3) is 16.8 Å². The fourth-order valence-corrected chi connectivity index (χ4v) is 3.60. The molecule has 1 aromatic heterocycles. The van der Waals surface area contributed by atoms with Gasteiger partial charge < -0.3 is 10.1 Å². The van der Waals surface area contributed by atoms with E-state index in [-0.39, 0.29) is 30.2 Å². The number of hydrogen-bond donors (Lipinski definition) is 1. The molecule has 0 bridgehead atoms. The van der Waals surface area contributed by atoms with Crippen molar-refractivity contribution in [2.24, 2.45) is 0 Å². The first kappa shape index (κ1) is 23.4. The molecule has 3 aromatic carbocycles. The second kappa shape index (κ2) is 10.4. The van der Waals surface area contributed by atoms with Crippen LogP contribution in [0.5, 0.6) is 5.75 Å². The molecule has 35 heavy (non-hydrogen) atoms. The highest BCUT2D eigenvalue weighted by Crippen LogP contribution is 2.29. The van der Waals surface area contributed by atoms with E-state index in [1.807, 2.05) is 54.6 Å². The molecule has 0 aliphatic heterocycles. The van der Waals surface area contributed by atoms with Crippen molar-refractivity contribution >= 4 is 11.6 Å². The van der Waals surface area contributed by atoms with E-state index >= 15 is 0 Å². The van der Waals surface area contributed by atoms with E-state index in [2.05, 4.69) is 10.4 Å². The van der Waals surface area contributed by atoms with Crippen molar-refractivity contribution in [2.75, 3.05) is 13.2 Å². The minimum absolute atomic E-state index is 0.127. The number of carbonyl (C=O) groups excluding carboxylic acids is 1. The van der Waals surface area contributed by atoms with Crippen molar-refractivity contribution in [1.82, 2.24) is 15.1 Å². The number of rotatable bonds is 8. The number of aromatic nitrogens is 2. The zero-order valence-corrected chi connectivity index (χ0v) is 18.9. The number of para-hydroxylation sites is 3. The summed E-state index contributed by atoms with van der Waals surface area (Å²) < 4.78 is 7.09. The maximum atomic E-state index is 12.7. The van der Waals surface area contributed by atoms with Gasteiger partial charge in [-0.15, -0.1) is 0 Å². The molecular formula is C26H22N4O5. The van der Waals surface area contributed by atoms with Gasteiger partial charge in [0.1, 0.15) is 18.0 Å². The Balaban J connectivity index is 1.47. The first-order chi connectivity index (χ1) is 17.0. The molecule has 1 heterocycles. The van der Waals surface area contributed by atoms with Crippen LogP contribution in [0, 0.1) is 17.0 Å². The minimum Gasteiger partial charge on any atom is -0.491 e. The molecule has 0 radical (unpaired) electrons. The lowest BCUT2D eigenvalue weighted by molar-refractivity contribution is -0.384. The Bertz CT molecular complexity index is 1430. The van der Waals surface area contributed by atoms with E-state index in [9.17, 15) is 19.7 Å². The van der Waals surface area contributed by atoms with Crippen LogP contribution in [0.2, 0.25) is 0 Å². The van der Waals surface area contributed by atoms with Gasteiger partial charge in [0.05, 0.1) is 11.5 Å². The summed E-state index contributed by atoms with van der Waals surface area (Å²) in [6, 6.07) is 24.6. The van der Waals surface area contributed by atoms with E-state index in [0.717, 1.165) is 11.1 Å². The fourth-order valence-electron chi connectivity index (χ4n) is 3.60. The van der Waals surface area contributed by atoms with Gasteiger partial charge in [-0.2, -0.15) is 5.10 Å². The zero-order valence-electron chi connectivity index (χ0n) is 18.9. The molecule has 176 valence electrons. The van der Waals surface area contributed by atoms with Crippen molar-refractivity contribution in [2.45, 2.75) is 6.92 Å². The third-order valence-electron chi connectivity index (χ3n) is 5.25. The maximum absolute atomic E-state index is 12.7. The third kappa shape index (κ3) is 5.25. The lowest BCUT2D eigenvalue weighted by Gasteiger charge is -2.13. The molecule has 9 heteroatoms. The molecule has 1 N–H and O–H groups in total. The van der Waals surface area contributed by atoms with Crippen LogP contribution in [-0.2, 0) is 0 Å². The van der Waals surface area contributed by atoms with Crippen LogP contribution in [0.15, 0.2) is 89.7 Å². The second-order valence-corrected chi connectivity index (χ2v) is 7.62. The van der Waals surface area contributed by atoms with E-state index in [1.165, 1.54) is 28.9 Å². The van der Waals surface area contributed by atoms with E-state index in [4.69, 9.17) is 4.74 Å². The second-order valence-electron chi connectivity index (χ2n) is 7.62. The highest BCUT2D eigenvalue weighted by molar-refractivity contribution is 5.92. The van der Waals surface area contributed by atoms with Crippen LogP contribution in [0.4, 0.5) is 5.69 Å². The van der Waals surface area contributed by atoms with Crippen LogP contribution in [0.3, 0.4) is 0 Å². The highest BCUT2D eigenvalue weighted by Gasteiger charge is 2.20. The first-order valence-corrected chi connectivity index (χ1v) is 10.9. The number of amides is 1. The normalized spacial score (nSPS) is 10.5. The van der Waals surface area contributed by atoms with Gasteiger partial charge in [-0.05, 0) is 24.6 Å². The van der Waals surface area contributed by atoms with Crippen LogP contribution >= 0.6 is 0 Å². The third-order valence-corrected chi connectivity index (χ3v) is 5.25. The number of nitrogens with one attached hydrogen (secondary N) is 1. The topological polar surface area (TPSA) is 116 Å². The summed E-state index contributed by atoms with van der Waals surface area (Å²) in [5.41, 5.74) is 1.32. The Labute approximate surface area is 200 Å². The quantitative estimate of drug-likeness (QED) is 0.237. The predicted molar refractivity (Wildman–Crippen MR) is 131 cm³/mol. The Morgan fingerprint density at radius 2 is 1.71 bits per heavy atom. The average Bonchev–Trinajstić information content (AvgIpc) is 2.87. The standard InChI is InChI=1S/C26H22N4O5/c1-18-17-23(31)25(28-29(18)21-12-6-7-13-22(21)30(33)34)26(32)27-15-16-35-24-14-8-5-11-20(24)19-9-3-2-4-10-19/h2-14,17H,15-16H2,1H3,(H,27,32). The molecule has 0 unspecified atom stereocenters. The summed E-state index contributed by atoms with van der Waals surface area (Å²) in [4.78, 5) is 36.0. The van der Waals surface area contributed by atoms with Gasteiger partial charge in [-0.25, -0.2) is 4.68 Å². The summed E-state index contributed by atoms with van der Waals surface area (Å²) in [5, 5.41) is 18.2. The Kier molecular flexibility index (Phi) is 6.96. The lowest BCUT2D eigenvalue weighted by atomic mass is 10.1. The largest absolute Gasteiger partial charge is 0.491 e. The molecule has 0 aliphatic carbocycles. The smallest absolute Gasteiger partial charge is 0.294 e. The van der Waals surface area contributed by atoms with Gasteiger partial charge in [0, 0.05) is 23.4 Å². The number of carbonyl (C=O) groups is 1. The predicted octanol–water partition coefficient (Wildman–Crippen LogP) is 3.92. The maximum Gasteiger partial charge on any atom is 0.294 e. The molecule has 1 amide bonds. The molecule has 4 aromatic rings. The van der Waals surface area contributed by atoms with Crippen molar-refractivity contribution in [3.63, 3.8) is 0 Å². The van der Waals surface area contributed by atoms with Gasteiger partial charge in [0.15, 0.2) is 5.69 Å². The molecule has 0 atom stereocenters. The molecule has 0 aliphatic rings. The van der Waals surface area contributed by atoms with Gasteiger partial charge >= 0.3 is 0 Å². The number of nitro benzene ring substituents is 1. The molecular weight excluding hydrogens is 448 g/mol. The number of nitro groups is 1. The fraction of sp³-hybridized carbons (Fsp3) is 0.115. The number of ether oxygens (including phenoxy) is 1. The summed E-state index contributed by atoms with van der Waals surface area (Å²) in [6.07, 6.45) is 0. The van der Waals surface area contributed by atoms with E-state index in [1.54, 1.807) is 13.0 Å². The number of aryl methyl sites for hydroxylation is 1. The van der Waals surface area contributed by atoms with Crippen molar-refractivity contribution in [3.8, 4) is 22.6 Å². The monoisotopic (exact) mass is 470 g/mol. The summed E-state index contributed by atoms with van der Waals surface area (Å²) in [6.45, 7) is 1.88. The SMILES string of the molecule is Cc1cc(=O)c(C(=O)NCCOc2ccccc2-c2ccccc2)nn1-c1ccccc1[N+](=O)[O-]. The zero-order chi connectivity index (χ0) is 24.8. The summed E-state index contributed by atoms with van der Waals surface area (Å²) >= 11 is 0. The van der Waals surface area contributed by atoms with Crippen molar-refractivity contribution < 1.29 is 14.5 Å². The number of nitrogens with zero attached hydrogens (tertiary/aromatic N) is 3. The molecule has 0 fully saturated rings. The van der Waals surface area contributed by atoms with Crippen LogP contribution in [-0.4, -0.2) is 33.8 Å². The first-order valence-electron chi connectivity index (χ1n) is 10.9. The van der Waals surface area contributed by atoms with Crippen LogP contribution in [0.1, 0.15) is 16.2 Å². The minimum atomic E-state index is -0.692. The van der Waals surface area contributed by atoms with Gasteiger partial charge in [0.2, 0.25) is 5.43 Å². The highest BCUT2D eigenvalue weighted by atomic mass is 16.6. The molecule has 0 spiro atoms. The average molecular weight is 470 g/mol. The van der Waals surface area contributed by atoms with E-state index in [0.29, 0.717) is 11.4 Å². The van der Waals surface area contributed by atoms with Crippen molar-refractivity contribution in [1.29, 1.82) is 0 Å². The van der Waals surface area contributed by atoms with Crippen molar-refractivity contribution in [3.05, 3.63) is 117 Å². The Morgan fingerprint density at radius 3 is 2.49 bits per heavy atom. The summed E-state index contributed by atoms with van der Waals surface area (Å²) in [7, 11) is 0. The van der Waals surface area contributed by atoms with Gasteiger partial charge in [-0.3, -0.25) is 19.7 Å². The van der Waals surface area contributed by atoms with Crippen LogP contribution < -0.4 is 15.5 Å². The number of hydrogen-bond acceptors (Lipinski definition) is 6. The lowest BCUT2D eigenvalue weighted by Crippen LogP contribution is -2.34. The molecule has 0 saturated heterocycles. The number of benzene rings is 3. The molecule has 9 nitrogen and oxygen atoms in total. The molecule has 4 rings (SSSR count).